The van der Waals surface area contributed by atoms with Gasteiger partial charge in [-0.25, -0.2) is 0 Å². The maximum atomic E-state index is 6.24. The van der Waals surface area contributed by atoms with E-state index in [-0.39, 0.29) is 5.41 Å². The lowest BCUT2D eigenvalue weighted by Crippen LogP contribution is -2.09. The van der Waals surface area contributed by atoms with Gasteiger partial charge in [-0.1, -0.05) is 63.2 Å². The molecule has 0 saturated heterocycles. The van der Waals surface area contributed by atoms with Gasteiger partial charge in [-0.05, 0) is 83.5 Å². The van der Waals surface area contributed by atoms with Gasteiger partial charge >= 0.3 is 0 Å². The fourth-order valence-electron chi connectivity index (χ4n) is 5.93. The summed E-state index contributed by atoms with van der Waals surface area (Å²) in [7, 11) is 0. The van der Waals surface area contributed by atoms with Crippen molar-refractivity contribution in [1.29, 1.82) is 0 Å². The molecule has 7 rings (SSSR count). The number of pyridine rings is 1. The van der Waals surface area contributed by atoms with Gasteiger partial charge in [-0.2, -0.15) is 0 Å². The van der Waals surface area contributed by atoms with Gasteiger partial charge in [-0.3, -0.25) is 4.98 Å². The molecule has 6 aromatic rings. The Labute approximate surface area is 223 Å². The van der Waals surface area contributed by atoms with Gasteiger partial charge in [0.2, 0.25) is 0 Å². The van der Waals surface area contributed by atoms with E-state index in [1.165, 1.54) is 33.4 Å². The lowest BCUT2D eigenvalue weighted by atomic mass is 9.86. The van der Waals surface area contributed by atoms with Gasteiger partial charge in [0, 0.05) is 45.0 Å². The molecule has 0 amide bonds. The predicted octanol–water partition coefficient (Wildman–Crippen LogP) is 9.94. The van der Waals surface area contributed by atoms with Crippen LogP contribution in [0.4, 0.5) is 11.4 Å². The Bertz CT molecular complexity index is 1870. The molecule has 3 heteroatoms. The maximum Gasteiger partial charge on any atom is 0.136 e. The topological polar surface area (TPSA) is 38.1 Å². The van der Waals surface area contributed by atoms with Gasteiger partial charge < -0.3 is 9.73 Å². The second-order valence-electron chi connectivity index (χ2n) is 11.6. The average molecular weight is 495 g/mol. The zero-order valence-electron chi connectivity index (χ0n) is 22.2. The zero-order chi connectivity index (χ0) is 26.0. The van der Waals surface area contributed by atoms with Crippen molar-refractivity contribution in [2.24, 2.45) is 5.41 Å². The van der Waals surface area contributed by atoms with Crippen LogP contribution in [-0.4, -0.2) is 4.98 Å². The summed E-state index contributed by atoms with van der Waals surface area (Å²) in [6.45, 7) is 9.06. The Hall–Kier alpha value is -4.37. The average Bonchev–Trinajstić information content (AvgIpc) is 3.27. The Morgan fingerprint density at radius 2 is 1.58 bits per heavy atom. The molecule has 0 radical (unpaired) electrons. The number of benzene rings is 4. The van der Waals surface area contributed by atoms with E-state index in [1.54, 1.807) is 0 Å². The summed E-state index contributed by atoms with van der Waals surface area (Å²) < 4.78 is 6.24. The number of furan rings is 1. The van der Waals surface area contributed by atoms with Gasteiger partial charge in [0.25, 0.3) is 0 Å². The van der Waals surface area contributed by atoms with E-state index in [4.69, 9.17) is 9.40 Å². The van der Waals surface area contributed by atoms with Crippen molar-refractivity contribution in [3.63, 3.8) is 0 Å². The van der Waals surface area contributed by atoms with Crippen LogP contribution in [0.1, 0.15) is 31.9 Å². The van der Waals surface area contributed by atoms with E-state index in [0.29, 0.717) is 0 Å². The van der Waals surface area contributed by atoms with Crippen molar-refractivity contribution in [3.8, 4) is 33.5 Å². The molecule has 0 aliphatic carbocycles. The predicted molar refractivity (Wildman–Crippen MR) is 159 cm³/mol. The minimum atomic E-state index is 0.227. The molecule has 2 aromatic heterocycles. The smallest absolute Gasteiger partial charge is 0.136 e. The molecule has 3 nitrogen and oxygen atoms in total. The van der Waals surface area contributed by atoms with E-state index in [9.17, 15) is 0 Å². The summed E-state index contributed by atoms with van der Waals surface area (Å²) in [6, 6.07) is 30.2. The fourth-order valence-corrected chi connectivity index (χ4v) is 5.93. The number of nitrogens with zero attached hydrogens (tertiary/aromatic N) is 1. The first kappa shape index (κ1) is 22.8. The number of para-hydroxylation sites is 1. The third-order valence-corrected chi connectivity index (χ3v) is 7.58. The largest absolute Gasteiger partial charge is 0.456 e. The highest BCUT2D eigenvalue weighted by molar-refractivity contribution is 6.17. The number of anilines is 2. The molecule has 3 heterocycles. The zero-order valence-corrected chi connectivity index (χ0v) is 22.2. The molecule has 1 N–H and O–H groups in total. The van der Waals surface area contributed by atoms with E-state index in [1.807, 2.05) is 18.3 Å². The molecule has 1 aliphatic rings. The first-order chi connectivity index (χ1) is 18.4. The van der Waals surface area contributed by atoms with Gasteiger partial charge in [-0.15, -0.1) is 0 Å². The lowest BCUT2D eigenvalue weighted by Gasteiger charge is -2.24. The molecule has 38 heavy (non-hydrogen) atoms. The first-order valence-electron chi connectivity index (χ1n) is 13.3. The fraction of sp³-hybridized carbons (Fsp3) is 0.171. The SMILES string of the molecule is Cc1c2cccc1-c1c(ccc3oc4ccccc4c13)Nc1ccc(-c3cc(CC(C)(C)C)ccn3)cc1-2. The standard InChI is InChI=1S/C35H30N2O/c1-21-24-9-7-10-25(21)33-29(14-15-32-34(33)26-8-5-6-11-31(26)38-32)37-28-13-12-23(19-27(24)28)30-18-22(16-17-36-30)20-35(2,3)4/h5-19,37H,20H2,1-4H3. The van der Waals surface area contributed by atoms with E-state index < -0.39 is 0 Å². The van der Waals surface area contributed by atoms with Crippen molar-refractivity contribution in [3.05, 3.63) is 102 Å². The highest BCUT2D eigenvalue weighted by atomic mass is 16.3. The molecule has 2 bridgehead atoms. The van der Waals surface area contributed by atoms with Crippen LogP contribution in [0.2, 0.25) is 0 Å². The number of hydrogen-bond donors (Lipinski definition) is 1. The first-order valence-corrected chi connectivity index (χ1v) is 13.3. The van der Waals surface area contributed by atoms with Crippen LogP contribution in [0.25, 0.3) is 55.4 Å². The van der Waals surface area contributed by atoms with Crippen LogP contribution in [0.3, 0.4) is 0 Å². The van der Waals surface area contributed by atoms with E-state index in [0.717, 1.165) is 51.0 Å². The Morgan fingerprint density at radius 3 is 2.45 bits per heavy atom. The summed E-state index contributed by atoms with van der Waals surface area (Å²) >= 11 is 0. The van der Waals surface area contributed by atoms with E-state index >= 15 is 0 Å². The molecule has 0 unspecified atom stereocenters. The maximum absolute atomic E-state index is 6.24. The van der Waals surface area contributed by atoms with Crippen molar-refractivity contribution in [2.45, 2.75) is 34.1 Å². The minimum absolute atomic E-state index is 0.227. The van der Waals surface area contributed by atoms with Crippen LogP contribution in [0.15, 0.2) is 95.5 Å². The molecule has 0 fully saturated rings. The van der Waals surface area contributed by atoms with Gasteiger partial charge in [0.1, 0.15) is 11.2 Å². The monoisotopic (exact) mass is 494 g/mol. The highest BCUT2D eigenvalue weighted by Crippen LogP contribution is 2.48. The number of fused-ring (bicyclic) bond motifs is 10. The molecular formula is C35H30N2O. The summed E-state index contributed by atoms with van der Waals surface area (Å²) in [5, 5.41) is 6.09. The van der Waals surface area contributed by atoms with Crippen molar-refractivity contribution in [2.75, 3.05) is 5.32 Å². The third kappa shape index (κ3) is 3.69. The van der Waals surface area contributed by atoms with Crippen molar-refractivity contribution < 1.29 is 4.42 Å². The lowest BCUT2D eigenvalue weighted by molar-refractivity contribution is 0.411. The number of nitrogens with one attached hydrogen (secondary N) is 1. The van der Waals surface area contributed by atoms with Crippen LogP contribution in [0.5, 0.6) is 0 Å². The summed E-state index contributed by atoms with van der Waals surface area (Å²) in [4.78, 5) is 4.75. The molecular weight excluding hydrogens is 464 g/mol. The number of hydrogen-bond acceptors (Lipinski definition) is 3. The molecule has 0 spiro atoms. The minimum Gasteiger partial charge on any atom is -0.456 e. The Balaban J connectivity index is 1.43. The third-order valence-electron chi connectivity index (χ3n) is 7.58. The molecule has 186 valence electrons. The van der Waals surface area contributed by atoms with Gasteiger partial charge in [0.05, 0.1) is 5.69 Å². The molecule has 4 aromatic carbocycles. The van der Waals surface area contributed by atoms with Crippen LogP contribution >= 0.6 is 0 Å². The quantitative estimate of drug-likeness (QED) is 0.260. The van der Waals surface area contributed by atoms with Crippen LogP contribution < -0.4 is 5.32 Å². The highest BCUT2D eigenvalue weighted by Gasteiger charge is 2.23. The van der Waals surface area contributed by atoms with Gasteiger partial charge in [0.15, 0.2) is 0 Å². The second-order valence-corrected chi connectivity index (χ2v) is 11.6. The molecule has 0 atom stereocenters. The molecule has 0 saturated carbocycles. The summed E-state index contributed by atoms with van der Waals surface area (Å²) in [6.07, 6.45) is 2.96. The summed E-state index contributed by atoms with van der Waals surface area (Å²) in [5.74, 6) is 0. The van der Waals surface area contributed by atoms with E-state index in [2.05, 4.69) is 106 Å². The van der Waals surface area contributed by atoms with Crippen LogP contribution in [0, 0.1) is 12.3 Å². The van der Waals surface area contributed by atoms with Crippen LogP contribution in [-0.2, 0) is 6.42 Å². The number of rotatable bonds is 2. The number of aromatic nitrogens is 1. The normalized spacial score (nSPS) is 12.5. The van der Waals surface area contributed by atoms with Crippen molar-refractivity contribution in [1.82, 2.24) is 4.98 Å². The summed E-state index contributed by atoms with van der Waals surface area (Å²) in [5.41, 5.74) is 13.8. The molecule has 1 aliphatic heterocycles. The Kier molecular flexibility index (Phi) is 4.99. The Morgan fingerprint density at radius 1 is 0.763 bits per heavy atom. The van der Waals surface area contributed by atoms with Crippen molar-refractivity contribution >= 4 is 33.3 Å². The second kappa shape index (κ2) is 8.32.